The molecule has 0 saturated heterocycles. The number of carbonyl (C=O) groups excluding carboxylic acids is 1. The minimum atomic E-state index is -0.650. The summed E-state index contributed by atoms with van der Waals surface area (Å²) in [5.41, 5.74) is 3.69. The van der Waals surface area contributed by atoms with Crippen LogP contribution < -0.4 is 4.74 Å². The Labute approximate surface area is 159 Å². The Morgan fingerprint density at radius 3 is 2.07 bits per heavy atom. The van der Waals surface area contributed by atoms with Gasteiger partial charge in [-0.15, -0.1) is 0 Å². The van der Waals surface area contributed by atoms with Crippen LogP contribution in [-0.2, 0) is 11.3 Å². The lowest BCUT2D eigenvalue weighted by Crippen LogP contribution is -2.23. The van der Waals surface area contributed by atoms with Gasteiger partial charge in [0.25, 0.3) is 0 Å². The number of hydrogen-bond acceptors (Lipinski definition) is 4. The van der Waals surface area contributed by atoms with Crippen molar-refractivity contribution in [2.45, 2.75) is 20.4 Å². The molecule has 0 unspecified atom stereocenters. The van der Waals surface area contributed by atoms with Gasteiger partial charge < -0.3 is 9.64 Å². The van der Waals surface area contributed by atoms with Crippen molar-refractivity contribution in [2.24, 2.45) is 0 Å². The molecule has 1 aliphatic rings. The second-order valence-corrected chi connectivity index (χ2v) is 6.29. The first kappa shape index (κ1) is 18.2. The van der Waals surface area contributed by atoms with Crippen molar-refractivity contribution in [1.29, 1.82) is 5.26 Å². The lowest BCUT2D eigenvalue weighted by atomic mass is 10.0. The van der Waals surface area contributed by atoms with Crippen LogP contribution in [0.1, 0.15) is 19.4 Å². The molecule has 0 fully saturated rings. The normalized spacial score (nSPS) is 13.4. The Balaban J connectivity index is 1.85. The van der Waals surface area contributed by atoms with Crippen LogP contribution in [0.2, 0.25) is 0 Å². The first-order valence-corrected chi connectivity index (χ1v) is 8.68. The maximum absolute atomic E-state index is 12.5. The van der Waals surface area contributed by atoms with E-state index < -0.39 is 5.97 Å². The minimum absolute atomic E-state index is 0.00286. The molecule has 0 saturated carbocycles. The Kier molecular flexibility index (Phi) is 5.53. The van der Waals surface area contributed by atoms with Crippen LogP contribution in [0.25, 0.3) is 0 Å². The van der Waals surface area contributed by atoms with Gasteiger partial charge >= 0.3 is 5.97 Å². The standard InChI is InChI=1S/C23H20N2O2/c1-17-13-20(14-18(2)25(17)16-19-9-5-3-6-10-19)22(15-24)23(26)27-21-11-7-4-8-12-21/h3-14H,16H2,1-2H3. The zero-order valence-electron chi connectivity index (χ0n) is 15.3. The summed E-state index contributed by atoms with van der Waals surface area (Å²) in [7, 11) is 0. The highest BCUT2D eigenvalue weighted by molar-refractivity contribution is 5.96. The molecule has 0 N–H and O–H groups in total. The fourth-order valence-electron chi connectivity index (χ4n) is 2.96. The summed E-state index contributed by atoms with van der Waals surface area (Å²) in [5.74, 6) is -0.234. The zero-order chi connectivity index (χ0) is 19.2. The highest BCUT2D eigenvalue weighted by atomic mass is 16.5. The van der Waals surface area contributed by atoms with Gasteiger partial charge in [-0.2, -0.15) is 5.26 Å². The van der Waals surface area contributed by atoms with Gasteiger partial charge in [0, 0.05) is 23.5 Å². The zero-order valence-corrected chi connectivity index (χ0v) is 15.3. The van der Waals surface area contributed by atoms with E-state index in [0.717, 1.165) is 17.9 Å². The van der Waals surface area contributed by atoms with E-state index in [4.69, 9.17) is 4.74 Å². The predicted octanol–water partition coefficient (Wildman–Crippen LogP) is 4.74. The molecule has 1 aliphatic heterocycles. The van der Waals surface area contributed by atoms with E-state index in [9.17, 15) is 10.1 Å². The number of nitriles is 1. The Hall–Kier alpha value is -3.58. The van der Waals surface area contributed by atoms with E-state index in [1.807, 2.05) is 56.3 Å². The smallest absolute Gasteiger partial charge is 0.354 e. The second-order valence-electron chi connectivity index (χ2n) is 6.29. The van der Waals surface area contributed by atoms with E-state index in [-0.39, 0.29) is 5.57 Å². The largest absolute Gasteiger partial charge is 0.422 e. The monoisotopic (exact) mass is 356 g/mol. The first-order valence-electron chi connectivity index (χ1n) is 8.68. The number of allylic oxidation sites excluding steroid dienone is 5. The summed E-state index contributed by atoms with van der Waals surface area (Å²) >= 11 is 0. The van der Waals surface area contributed by atoms with Gasteiger partial charge in [-0.05, 0) is 43.7 Å². The molecule has 4 nitrogen and oxygen atoms in total. The molecule has 2 aromatic carbocycles. The maximum Gasteiger partial charge on any atom is 0.354 e. The van der Waals surface area contributed by atoms with Crippen LogP contribution in [0.4, 0.5) is 0 Å². The molecule has 4 heteroatoms. The molecule has 0 atom stereocenters. The van der Waals surface area contributed by atoms with Gasteiger partial charge in [0.2, 0.25) is 0 Å². The summed E-state index contributed by atoms with van der Waals surface area (Å²) in [6.45, 7) is 4.67. The molecule has 134 valence electrons. The SMILES string of the molecule is CC1=CC(=C(C#N)C(=O)Oc2ccccc2)C=C(C)N1Cc1ccccc1. The highest BCUT2D eigenvalue weighted by Gasteiger charge is 2.21. The predicted molar refractivity (Wildman–Crippen MR) is 104 cm³/mol. The molecule has 1 heterocycles. The molecule has 27 heavy (non-hydrogen) atoms. The van der Waals surface area contributed by atoms with Crippen LogP contribution in [0.15, 0.2) is 95.4 Å². The molecule has 0 spiro atoms. The summed E-state index contributed by atoms with van der Waals surface area (Å²) in [6.07, 6.45) is 3.70. The Morgan fingerprint density at radius 2 is 1.52 bits per heavy atom. The fourth-order valence-corrected chi connectivity index (χ4v) is 2.96. The van der Waals surface area contributed by atoms with E-state index >= 15 is 0 Å². The Morgan fingerprint density at radius 1 is 0.963 bits per heavy atom. The van der Waals surface area contributed by atoms with E-state index in [0.29, 0.717) is 11.3 Å². The molecule has 0 aromatic heterocycles. The molecule has 0 radical (unpaired) electrons. The molecular formula is C23H20N2O2. The number of para-hydroxylation sites is 1. The molecule has 2 aromatic rings. The van der Waals surface area contributed by atoms with Crippen molar-refractivity contribution in [3.05, 3.63) is 101 Å². The third-order valence-corrected chi connectivity index (χ3v) is 4.32. The summed E-state index contributed by atoms with van der Waals surface area (Å²) in [4.78, 5) is 14.6. The molecule has 3 rings (SSSR count). The second kappa shape index (κ2) is 8.20. The fraction of sp³-hybridized carbons (Fsp3) is 0.130. The number of hydrogen-bond donors (Lipinski definition) is 0. The minimum Gasteiger partial charge on any atom is -0.422 e. The lowest BCUT2D eigenvalue weighted by molar-refractivity contribution is -0.129. The third kappa shape index (κ3) is 4.34. The number of benzene rings is 2. The van der Waals surface area contributed by atoms with Crippen LogP contribution in [0.5, 0.6) is 5.75 Å². The number of esters is 1. The number of carbonyl (C=O) groups is 1. The van der Waals surface area contributed by atoms with E-state index in [1.165, 1.54) is 5.56 Å². The average molecular weight is 356 g/mol. The molecule has 0 amide bonds. The molecule has 0 aliphatic carbocycles. The van der Waals surface area contributed by atoms with Crippen molar-refractivity contribution in [2.75, 3.05) is 0 Å². The van der Waals surface area contributed by atoms with Crippen LogP contribution >= 0.6 is 0 Å². The molecule has 0 bridgehead atoms. The van der Waals surface area contributed by atoms with Crippen molar-refractivity contribution >= 4 is 5.97 Å². The topological polar surface area (TPSA) is 53.3 Å². The quantitative estimate of drug-likeness (QED) is 0.344. The van der Waals surface area contributed by atoms with E-state index in [2.05, 4.69) is 17.0 Å². The number of nitrogens with zero attached hydrogens (tertiary/aromatic N) is 2. The Bertz CT molecular complexity index is 942. The van der Waals surface area contributed by atoms with Crippen LogP contribution in [0.3, 0.4) is 0 Å². The van der Waals surface area contributed by atoms with Crippen molar-refractivity contribution < 1.29 is 9.53 Å². The van der Waals surface area contributed by atoms with Gasteiger partial charge in [-0.1, -0.05) is 48.5 Å². The van der Waals surface area contributed by atoms with Gasteiger partial charge in [0.05, 0.1) is 0 Å². The lowest BCUT2D eigenvalue weighted by Gasteiger charge is -2.30. The van der Waals surface area contributed by atoms with E-state index in [1.54, 1.807) is 24.3 Å². The van der Waals surface area contributed by atoms with Crippen molar-refractivity contribution in [3.8, 4) is 11.8 Å². The summed E-state index contributed by atoms with van der Waals surface area (Å²) < 4.78 is 5.32. The van der Waals surface area contributed by atoms with Crippen LogP contribution in [0, 0.1) is 11.3 Å². The number of ether oxygens (including phenoxy) is 1. The third-order valence-electron chi connectivity index (χ3n) is 4.32. The van der Waals surface area contributed by atoms with Crippen molar-refractivity contribution in [1.82, 2.24) is 4.90 Å². The first-order chi connectivity index (χ1) is 13.1. The average Bonchev–Trinajstić information content (AvgIpc) is 2.67. The van der Waals surface area contributed by atoms with Crippen LogP contribution in [-0.4, -0.2) is 10.9 Å². The molecular weight excluding hydrogens is 336 g/mol. The summed E-state index contributed by atoms with van der Waals surface area (Å²) in [6, 6.07) is 20.9. The highest BCUT2D eigenvalue weighted by Crippen LogP contribution is 2.27. The van der Waals surface area contributed by atoms with Gasteiger partial charge in [-0.3, -0.25) is 0 Å². The maximum atomic E-state index is 12.5. The van der Waals surface area contributed by atoms with Gasteiger partial charge in [0.15, 0.2) is 0 Å². The summed E-state index contributed by atoms with van der Waals surface area (Å²) in [5, 5.41) is 9.52. The van der Waals surface area contributed by atoms with Crippen molar-refractivity contribution in [3.63, 3.8) is 0 Å². The van der Waals surface area contributed by atoms with Gasteiger partial charge in [0.1, 0.15) is 17.4 Å². The number of rotatable bonds is 4. The van der Waals surface area contributed by atoms with Gasteiger partial charge in [-0.25, -0.2) is 4.79 Å².